The number of aromatic amines is 1. The number of H-pyrrole nitrogens is 1. The molecule has 6 heteroatoms. The van der Waals surface area contributed by atoms with Crippen molar-refractivity contribution in [3.63, 3.8) is 0 Å². The smallest absolute Gasteiger partial charge is 0.268 e. The molecule has 140 valence electrons. The topological polar surface area (TPSA) is 69.2 Å². The van der Waals surface area contributed by atoms with Gasteiger partial charge in [-0.3, -0.25) is 9.69 Å². The molecule has 1 saturated heterocycles. The lowest BCUT2D eigenvalue weighted by Gasteiger charge is -2.41. The molecule has 5 rings (SSSR count). The first-order valence-corrected chi connectivity index (χ1v) is 10.5. The highest BCUT2D eigenvalue weighted by molar-refractivity contribution is 7.17. The molecule has 2 fully saturated rings. The maximum absolute atomic E-state index is 12.2. The summed E-state index contributed by atoms with van der Waals surface area (Å²) in [6.45, 7) is 2.41. The Kier molecular flexibility index (Phi) is 4.15. The van der Waals surface area contributed by atoms with Crippen LogP contribution in [0.2, 0.25) is 0 Å². The van der Waals surface area contributed by atoms with Gasteiger partial charge in [-0.2, -0.15) is 0 Å². The number of fused-ring (bicyclic) bond motifs is 2. The molecule has 1 aliphatic carbocycles. The van der Waals surface area contributed by atoms with E-state index in [-0.39, 0.29) is 11.5 Å². The Morgan fingerprint density at radius 2 is 2.11 bits per heavy atom. The Morgan fingerprint density at radius 1 is 1.26 bits per heavy atom. The number of hydrogen-bond donors (Lipinski definition) is 2. The van der Waals surface area contributed by atoms with Gasteiger partial charge in [0.1, 0.15) is 10.5 Å². The highest BCUT2D eigenvalue weighted by Crippen LogP contribution is 2.48. The van der Waals surface area contributed by atoms with Crippen LogP contribution in [0, 0.1) is 11.8 Å². The zero-order valence-electron chi connectivity index (χ0n) is 15.1. The summed E-state index contributed by atoms with van der Waals surface area (Å²) in [5.41, 5.74) is 1.00. The van der Waals surface area contributed by atoms with E-state index in [4.69, 9.17) is 0 Å². The van der Waals surface area contributed by atoms with Gasteiger partial charge in [0.05, 0.1) is 17.7 Å². The number of rotatable bonds is 3. The average molecular weight is 382 g/mol. The third-order valence-electron chi connectivity index (χ3n) is 6.27. The fraction of sp³-hybridized carbons (Fsp3) is 0.429. The molecule has 3 atom stereocenters. The second-order valence-electron chi connectivity index (χ2n) is 7.89. The number of hydrogen-bond acceptors (Lipinski definition) is 5. The van der Waals surface area contributed by atoms with Crippen LogP contribution < -0.4 is 5.56 Å². The number of aliphatic hydroxyl groups is 1. The van der Waals surface area contributed by atoms with Gasteiger partial charge in [0.25, 0.3) is 5.56 Å². The van der Waals surface area contributed by atoms with Crippen LogP contribution in [0.1, 0.15) is 30.7 Å². The summed E-state index contributed by atoms with van der Waals surface area (Å²) in [5.74, 6) is 1.43. The molecule has 2 aliphatic rings. The SMILES string of the molecule is O=c1[nH]c(CN2C[C@@H]3CCC[C@@](O)(c4ccccc4)[C@@H]3C2)nc2ccsc12. The maximum atomic E-state index is 12.2. The molecule has 0 unspecified atom stereocenters. The minimum atomic E-state index is -0.753. The van der Waals surface area contributed by atoms with Crippen LogP contribution in [0.3, 0.4) is 0 Å². The average Bonchev–Trinajstić information content (AvgIpc) is 3.30. The van der Waals surface area contributed by atoms with Crippen molar-refractivity contribution in [2.24, 2.45) is 11.8 Å². The minimum Gasteiger partial charge on any atom is -0.385 e. The second-order valence-corrected chi connectivity index (χ2v) is 8.81. The lowest BCUT2D eigenvalue weighted by molar-refractivity contribution is -0.0648. The van der Waals surface area contributed by atoms with Crippen LogP contribution in [0.15, 0.2) is 46.6 Å². The Balaban J connectivity index is 1.40. The van der Waals surface area contributed by atoms with E-state index >= 15 is 0 Å². The van der Waals surface area contributed by atoms with Crippen molar-refractivity contribution in [2.75, 3.05) is 13.1 Å². The summed E-state index contributed by atoms with van der Waals surface area (Å²) in [4.78, 5) is 22.1. The summed E-state index contributed by atoms with van der Waals surface area (Å²) < 4.78 is 0.687. The highest BCUT2D eigenvalue weighted by Gasteiger charge is 2.49. The Morgan fingerprint density at radius 3 is 2.96 bits per heavy atom. The molecule has 27 heavy (non-hydrogen) atoms. The third-order valence-corrected chi connectivity index (χ3v) is 7.18. The van der Waals surface area contributed by atoms with Crippen LogP contribution in [-0.4, -0.2) is 33.1 Å². The number of nitrogens with one attached hydrogen (secondary N) is 1. The van der Waals surface area contributed by atoms with Gasteiger partial charge < -0.3 is 10.1 Å². The predicted molar refractivity (Wildman–Crippen MR) is 107 cm³/mol. The maximum Gasteiger partial charge on any atom is 0.268 e. The molecule has 1 saturated carbocycles. The first kappa shape index (κ1) is 17.1. The molecular formula is C21H23N3O2S. The molecular weight excluding hydrogens is 358 g/mol. The molecule has 1 aliphatic heterocycles. The van der Waals surface area contributed by atoms with E-state index in [0.29, 0.717) is 23.0 Å². The molecule has 5 nitrogen and oxygen atoms in total. The van der Waals surface area contributed by atoms with Crippen molar-refractivity contribution < 1.29 is 5.11 Å². The summed E-state index contributed by atoms with van der Waals surface area (Å²) in [5, 5.41) is 13.5. The van der Waals surface area contributed by atoms with Gasteiger partial charge in [-0.05, 0) is 42.2 Å². The lowest BCUT2D eigenvalue weighted by atomic mass is 9.67. The van der Waals surface area contributed by atoms with Gasteiger partial charge in [0.2, 0.25) is 0 Å². The molecule has 2 aromatic heterocycles. The van der Waals surface area contributed by atoms with Gasteiger partial charge >= 0.3 is 0 Å². The lowest BCUT2D eigenvalue weighted by Crippen LogP contribution is -2.42. The second kappa shape index (κ2) is 6.55. The van der Waals surface area contributed by atoms with E-state index in [0.717, 1.165) is 43.4 Å². The first-order valence-electron chi connectivity index (χ1n) is 9.60. The van der Waals surface area contributed by atoms with Crippen molar-refractivity contribution in [2.45, 2.75) is 31.4 Å². The van der Waals surface area contributed by atoms with E-state index in [1.54, 1.807) is 0 Å². The summed E-state index contributed by atoms with van der Waals surface area (Å²) in [6.07, 6.45) is 3.03. The highest BCUT2D eigenvalue weighted by atomic mass is 32.1. The molecule has 2 N–H and O–H groups in total. The third kappa shape index (κ3) is 2.92. The fourth-order valence-corrected chi connectivity index (χ4v) is 5.76. The number of thiophene rings is 1. The minimum absolute atomic E-state index is 0.0533. The molecule has 0 spiro atoms. The zero-order valence-corrected chi connectivity index (χ0v) is 15.9. The number of benzene rings is 1. The van der Waals surface area contributed by atoms with E-state index in [1.165, 1.54) is 11.3 Å². The predicted octanol–water partition coefficient (Wildman–Crippen LogP) is 3.10. The van der Waals surface area contributed by atoms with Gasteiger partial charge in [-0.15, -0.1) is 11.3 Å². The normalized spacial score (nSPS) is 28.5. The van der Waals surface area contributed by atoms with Crippen molar-refractivity contribution >= 4 is 21.6 Å². The quantitative estimate of drug-likeness (QED) is 0.731. The number of likely N-dealkylation sites (tertiary alicyclic amines) is 1. The Bertz CT molecular complexity index is 1010. The van der Waals surface area contributed by atoms with E-state index < -0.39 is 5.60 Å². The van der Waals surface area contributed by atoms with E-state index in [2.05, 4.69) is 27.0 Å². The first-order chi connectivity index (χ1) is 13.1. The molecule has 3 aromatic rings. The summed E-state index contributed by atoms with van der Waals surface area (Å²) >= 11 is 1.43. The van der Waals surface area contributed by atoms with Crippen LogP contribution in [0.4, 0.5) is 0 Å². The van der Waals surface area contributed by atoms with Crippen LogP contribution in [0.5, 0.6) is 0 Å². The van der Waals surface area contributed by atoms with Gasteiger partial charge in [0, 0.05) is 19.0 Å². The number of nitrogens with zero attached hydrogens (tertiary/aromatic N) is 2. The zero-order chi connectivity index (χ0) is 18.4. The monoisotopic (exact) mass is 381 g/mol. The molecule has 0 radical (unpaired) electrons. The molecule has 1 aromatic carbocycles. The van der Waals surface area contributed by atoms with Gasteiger partial charge in [0.15, 0.2) is 0 Å². The molecule has 3 heterocycles. The van der Waals surface area contributed by atoms with Crippen molar-refractivity contribution in [3.8, 4) is 0 Å². The van der Waals surface area contributed by atoms with Gasteiger partial charge in [-0.1, -0.05) is 30.3 Å². The Labute approximate surface area is 161 Å². The van der Waals surface area contributed by atoms with Crippen LogP contribution in [-0.2, 0) is 12.1 Å². The molecule has 0 amide bonds. The molecule has 0 bridgehead atoms. The Hall–Kier alpha value is -2.02. The van der Waals surface area contributed by atoms with Crippen molar-refractivity contribution in [3.05, 3.63) is 63.5 Å². The summed E-state index contributed by atoms with van der Waals surface area (Å²) in [7, 11) is 0. The largest absolute Gasteiger partial charge is 0.385 e. The van der Waals surface area contributed by atoms with E-state index in [9.17, 15) is 9.90 Å². The van der Waals surface area contributed by atoms with E-state index in [1.807, 2.05) is 29.6 Å². The van der Waals surface area contributed by atoms with Crippen molar-refractivity contribution in [1.29, 1.82) is 0 Å². The van der Waals surface area contributed by atoms with Gasteiger partial charge in [-0.25, -0.2) is 4.98 Å². The van der Waals surface area contributed by atoms with Crippen LogP contribution >= 0.6 is 11.3 Å². The standard InChI is InChI=1S/C21H23N3O2S/c25-20-19-17(8-10-27-19)22-18(23-20)13-24-11-14-5-4-9-21(26,16(14)12-24)15-6-2-1-3-7-15/h1-3,6-8,10,14,16,26H,4-5,9,11-13H2,(H,22,23,25)/t14-,16+,21+/m0/s1. The van der Waals surface area contributed by atoms with Crippen molar-refractivity contribution in [1.82, 2.24) is 14.9 Å². The van der Waals surface area contributed by atoms with Crippen LogP contribution in [0.25, 0.3) is 10.2 Å². The summed E-state index contributed by atoms with van der Waals surface area (Å²) in [6, 6.07) is 12.0. The fourth-order valence-electron chi connectivity index (χ4n) is 5.04. The number of aromatic nitrogens is 2.